The quantitative estimate of drug-likeness (QED) is 0.0952. The van der Waals surface area contributed by atoms with Crippen LogP contribution in [0.5, 0.6) is 0 Å². The third-order valence-electron chi connectivity index (χ3n) is 6.91. The lowest BCUT2D eigenvalue weighted by molar-refractivity contribution is 0.867. The fourth-order valence-corrected chi connectivity index (χ4v) is 4.40. The van der Waals surface area contributed by atoms with Gasteiger partial charge in [-0.1, -0.05) is 96.1 Å². The minimum atomic E-state index is 0.282. The lowest BCUT2D eigenvalue weighted by atomic mass is 10.0. The van der Waals surface area contributed by atoms with E-state index < -0.39 is 0 Å². The Bertz CT molecular complexity index is 1460. The van der Waals surface area contributed by atoms with Crippen molar-refractivity contribution in [2.24, 2.45) is 0 Å². The Kier molecular flexibility index (Phi) is 12.2. The van der Waals surface area contributed by atoms with Crippen molar-refractivity contribution in [2.75, 3.05) is 21.3 Å². The van der Waals surface area contributed by atoms with Crippen molar-refractivity contribution in [3.05, 3.63) is 119 Å². The lowest BCUT2D eigenvalue weighted by Gasteiger charge is -2.14. The molecule has 0 aromatic heterocycles. The number of para-hydroxylation sites is 1. The third kappa shape index (κ3) is 10.1. The van der Waals surface area contributed by atoms with Crippen LogP contribution in [-0.2, 0) is 12.8 Å². The Morgan fingerprint density at radius 3 is 1.52 bits per heavy atom. The van der Waals surface area contributed by atoms with Crippen LogP contribution in [0.2, 0.25) is 0 Å². The van der Waals surface area contributed by atoms with Crippen molar-refractivity contribution >= 4 is 34.7 Å². The molecule has 0 bridgehead atoms. The molecule has 0 saturated heterocycles. The molecule has 0 unspecified atom stereocenters. The Morgan fingerprint density at radius 2 is 1.02 bits per heavy atom. The first-order valence-electron chi connectivity index (χ1n) is 14.8. The van der Waals surface area contributed by atoms with Gasteiger partial charge in [-0.2, -0.15) is 0 Å². The van der Waals surface area contributed by atoms with E-state index in [1.807, 2.05) is 54.6 Å². The molecule has 220 valence electrons. The van der Waals surface area contributed by atoms with Gasteiger partial charge in [-0.05, 0) is 89.4 Å². The van der Waals surface area contributed by atoms with Crippen molar-refractivity contribution in [1.29, 1.82) is 10.8 Å². The van der Waals surface area contributed by atoms with E-state index >= 15 is 0 Å². The summed E-state index contributed by atoms with van der Waals surface area (Å²) >= 11 is 0. The highest BCUT2D eigenvalue weighted by atomic mass is 15.1. The zero-order valence-electron chi connectivity index (χ0n) is 25.8. The SMILES string of the molecule is CCc1cccc(NC(=N)Nc2cccc(C(C)C)c2)c1.CCc1ccccc1NC(=N)Nc1cccc(C(C)C)c1. The number of hydrogen-bond acceptors (Lipinski definition) is 2. The summed E-state index contributed by atoms with van der Waals surface area (Å²) in [6, 6.07) is 32.6. The molecule has 0 aliphatic carbocycles. The Morgan fingerprint density at radius 1 is 0.548 bits per heavy atom. The van der Waals surface area contributed by atoms with Crippen molar-refractivity contribution in [3.8, 4) is 0 Å². The molecule has 6 heteroatoms. The van der Waals surface area contributed by atoms with Crippen molar-refractivity contribution in [1.82, 2.24) is 0 Å². The van der Waals surface area contributed by atoms with Crippen LogP contribution >= 0.6 is 0 Å². The van der Waals surface area contributed by atoms with E-state index in [0.717, 1.165) is 35.6 Å². The molecule has 6 N–H and O–H groups in total. The Hall–Kier alpha value is -4.58. The number of nitrogens with one attached hydrogen (secondary N) is 6. The maximum atomic E-state index is 8.09. The van der Waals surface area contributed by atoms with Crippen LogP contribution in [-0.4, -0.2) is 11.9 Å². The average Bonchev–Trinajstić information content (AvgIpc) is 2.98. The van der Waals surface area contributed by atoms with E-state index in [1.165, 1.54) is 22.3 Å². The standard InChI is InChI=1S/2C18H23N3/c1-4-14-7-5-9-16(11-14)20-18(19)21-17-10-6-8-15(12-17)13(2)3;1-4-14-8-5-6-11-17(14)21-18(19)20-16-10-7-9-15(12-16)13(2)3/h2*5-13H,4H2,1-3H3,(H3,19,20,21). The molecule has 0 saturated carbocycles. The van der Waals surface area contributed by atoms with Crippen LogP contribution in [0.4, 0.5) is 22.7 Å². The van der Waals surface area contributed by atoms with Gasteiger partial charge in [0, 0.05) is 22.7 Å². The van der Waals surface area contributed by atoms with Gasteiger partial charge in [0.15, 0.2) is 11.9 Å². The summed E-state index contributed by atoms with van der Waals surface area (Å²) < 4.78 is 0. The second-order valence-electron chi connectivity index (χ2n) is 10.9. The molecule has 6 nitrogen and oxygen atoms in total. The van der Waals surface area contributed by atoms with E-state index in [4.69, 9.17) is 10.8 Å². The molecule has 4 aromatic rings. The normalized spacial score (nSPS) is 10.5. The van der Waals surface area contributed by atoms with E-state index in [0.29, 0.717) is 11.8 Å². The Labute approximate surface area is 252 Å². The van der Waals surface area contributed by atoms with E-state index in [9.17, 15) is 0 Å². The van der Waals surface area contributed by atoms with Crippen molar-refractivity contribution in [2.45, 2.75) is 66.2 Å². The highest BCUT2D eigenvalue weighted by Crippen LogP contribution is 2.21. The van der Waals surface area contributed by atoms with Gasteiger partial charge in [-0.15, -0.1) is 0 Å². The maximum Gasteiger partial charge on any atom is 0.197 e. The molecule has 0 fully saturated rings. The first-order chi connectivity index (χ1) is 20.2. The predicted molar refractivity (Wildman–Crippen MR) is 183 cm³/mol. The van der Waals surface area contributed by atoms with Crippen LogP contribution < -0.4 is 21.3 Å². The molecule has 42 heavy (non-hydrogen) atoms. The highest BCUT2D eigenvalue weighted by molar-refractivity contribution is 6.02. The van der Waals surface area contributed by atoms with Gasteiger partial charge in [0.05, 0.1) is 0 Å². The monoisotopic (exact) mass is 562 g/mol. The molecule has 0 atom stereocenters. The first kappa shape index (κ1) is 31.9. The number of aryl methyl sites for hydroxylation is 2. The second-order valence-corrected chi connectivity index (χ2v) is 10.9. The molecule has 0 amide bonds. The molecule has 4 aromatic carbocycles. The van der Waals surface area contributed by atoms with Gasteiger partial charge in [0.1, 0.15) is 0 Å². The summed E-state index contributed by atoms with van der Waals surface area (Å²) in [6.45, 7) is 12.9. The van der Waals surface area contributed by atoms with Crippen molar-refractivity contribution in [3.63, 3.8) is 0 Å². The van der Waals surface area contributed by atoms with Crippen LogP contribution in [0.25, 0.3) is 0 Å². The molecule has 0 aliphatic rings. The van der Waals surface area contributed by atoms with Crippen LogP contribution in [0.3, 0.4) is 0 Å². The summed E-state index contributed by atoms with van der Waals surface area (Å²) in [5, 5.41) is 28.6. The largest absolute Gasteiger partial charge is 0.326 e. The van der Waals surface area contributed by atoms with Gasteiger partial charge in [-0.3, -0.25) is 10.8 Å². The topological polar surface area (TPSA) is 95.8 Å². The summed E-state index contributed by atoms with van der Waals surface area (Å²) in [6.07, 6.45) is 1.94. The Balaban J connectivity index is 0.000000230. The molecular weight excluding hydrogens is 516 g/mol. The van der Waals surface area contributed by atoms with Gasteiger partial charge >= 0.3 is 0 Å². The van der Waals surface area contributed by atoms with Gasteiger partial charge < -0.3 is 21.3 Å². The number of rotatable bonds is 8. The molecular formula is C36H46N6. The minimum absolute atomic E-state index is 0.282. The molecule has 0 radical (unpaired) electrons. The van der Waals surface area contributed by atoms with Crippen LogP contribution in [0.1, 0.15) is 75.6 Å². The van der Waals surface area contributed by atoms with Gasteiger partial charge in [0.25, 0.3) is 0 Å². The summed E-state index contributed by atoms with van der Waals surface area (Å²) in [7, 11) is 0. The average molecular weight is 563 g/mol. The lowest BCUT2D eigenvalue weighted by Crippen LogP contribution is -2.21. The first-order valence-corrected chi connectivity index (χ1v) is 14.8. The van der Waals surface area contributed by atoms with E-state index in [2.05, 4.69) is 105 Å². The van der Waals surface area contributed by atoms with E-state index in [-0.39, 0.29) is 11.9 Å². The maximum absolute atomic E-state index is 8.09. The number of hydrogen-bond donors (Lipinski definition) is 6. The van der Waals surface area contributed by atoms with E-state index in [1.54, 1.807) is 0 Å². The predicted octanol–water partition coefficient (Wildman–Crippen LogP) is 9.66. The van der Waals surface area contributed by atoms with Crippen LogP contribution in [0.15, 0.2) is 97.1 Å². The van der Waals surface area contributed by atoms with Crippen molar-refractivity contribution < 1.29 is 0 Å². The van der Waals surface area contributed by atoms with Gasteiger partial charge in [0.2, 0.25) is 0 Å². The highest BCUT2D eigenvalue weighted by Gasteiger charge is 2.05. The summed E-state index contributed by atoms with van der Waals surface area (Å²) in [5.41, 5.74) is 8.79. The molecule has 4 rings (SSSR count). The number of guanidine groups is 2. The fourth-order valence-electron chi connectivity index (χ4n) is 4.40. The number of anilines is 4. The molecule has 0 aliphatic heterocycles. The zero-order valence-corrected chi connectivity index (χ0v) is 25.8. The minimum Gasteiger partial charge on any atom is -0.326 e. The third-order valence-corrected chi connectivity index (χ3v) is 6.91. The smallest absolute Gasteiger partial charge is 0.197 e. The zero-order chi connectivity index (χ0) is 30.5. The summed E-state index contributed by atoms with van der Waals surface area (Å²) in [5.74, 6) is 1.53. The number of benzene rings is 4. The molecule has 0 spiro atoms. The second kappa shape index (κ2) is 16.0. The van der Waals surface area contributed by atoms with Crippen LogP contribution in [0, 0.1) is 10.8 Å². The van der Waals surface area contributed by atoms with Gasteiger partial charge in [-0.25, -0.2) is 0 Å². The molecule has 0 heterocycles. The summed E-state index contributed by atoms with van der Waals surface area (Å²) in [4.78, 5) is 0. The fraction of sp³-hybridized carbons (Fsp3) is 0.278.